The van der Waals surface area contributed by atoms with Crippen LogP contribution in [0.25, 0.3) is 0 Å². The smallest absolute Gasteiger partial charge is 0.257 e. The van der Waals surface area contributed by atoms with Crippen molar-refractivity contribution in [2.45, 2.75) is 0 Å². The fourth-order valence-corrected chi connectivity index (χ4v) is 1.30. The third kappa shape index (κ3) is 4.85. The lowest BCUT2D eigenvalue weighted by Crippen LogP contribution is -2.34. The highest BCUT2D eigenvalue weighted by Crippen LogP contribution is 2.15. The van der Waals surface area contributed by atoms with Gasteiger partial charge in [-0.15, -0.1) is 0 Å². The minimum atomic E-state index is -0.190. The molecule has 18 heavy (non-hydrogen) atoms. The Bertz CT molecular complexity index is 438. The first-order valence-electron chi connectivity index (χ1n) is 5.67. The van der Waals surface area contributed by atoms with Crippen LogP contribution < -0.4 is 10.1 Å². The summed E-state index contributed by atoms with van der Waals surface area (Å²) in [7, 11) is 3.87. The lowest BCUT2D eigenvalue weighted by atomic mass is 10.2. The van der Waals surface area contributed by atoms with E-state index >= 15 is 0 Å². The van der Waals surface area contributed by atoms with Crippen molar-refractivity contribution in [1.29, 1.82) is 5.26 Å². The quantitative estimate of drug-likeness (QED) is 0.800. The highest BCUT2D eigenvalue weighted by atomic mass is 16.5. The third-order valence-corrected chi connectivity index (χ3v) is 2.25. The van der Waals surface area contributed by atoms with Crippen LogP contribution in [0.15, 0.2) is 24.3 Å². The lowest BCUT2D eigenvalue weighted by Gasteiger charge is -2.11. The molecule has 0 bridgehead atoms. The van der Waals surface area contributed by atoms with Crippen molar-refractivity contribution in [1.82, 2.24) is 10.2 Å². The molecule has 0 radical (unpaired) electrons. The van der Waals surface area contributed by atoms with Crippen LogP contribution in [0.5, 0.6) is 5.75 Å². The number of likely N-dealkylation sites (N-methyl/N-ethyl adjacent to an activating group) is 1. The van der Waals surface area contributed by atoms with Gasteiger partial charge in [-0.1, -0.05) is 12.1 Å². The lowest BCUT2D eigenvalue weighted by molar-refractivity contribution is -0.123. The zero-order valence-electron chi connectivity index (χ0n) is 10.6. The first-order chi connectivity index (χ1) is 8.63. The summed E-state index contributed by atoms with van der Waals surface area (Å²) in [4.78, 5) is 13.4. The second-order valence-corrected chi connectivity index (χ2v) is 4.05. The molecule has 5 heteroatoms. The van der Waals surface area contributed by atoms with Gasteiger partial charge < -0.3 is 15.0 Å². The van der Waals surface area contributed by atoms with Gasteiger partial charge >= 0.3 is 0 Å². The molecule has 5 nitrogen and oxygen atoms in total. The molecule has 1 amide bonds. The van der Waals surface area contributed by atoms with Crippen molar-refractivity contribution < 1.29 is 9.53 Å². The van der Waals surface area contributed by atoms with E-state index in [1.807, 2.05) is 25.1 Å². The molecule has 0 heterocycles. The number of nitrogens with one attached hydrogen (secondary N) is 1. The van der Waals surface area contributed by atoms with Crippen LogP contribution in [0.2, 0.25) is 0 Å². The first-order valence-corrected chi connectivity index (χ1v) is 5.67. The van der Waals surface area contributed by atoms with Crippen LogP contribution in [-0.4, -0.2) is 44.6 Å². The second kappa shape index (κ2) is 7.30. The summed E-state index contributed by atoms with van der Waals surface area (Å²) in [5.41, 5.74) is 0.429. The first kappa shape index (κ1) is 14.0. The molecule has 0 fully saturated rings. The number of carbonyl (C=O) groups excluding carboxylic acids is 1. The number of hydrogen-bond acceptors (Lipinski definition) is 4. The molecule has 0 aliphatic rings. The zero-order chi connectivity index (χ0) is 13.4. The van der Waals surface area contributed by atoms with E-state index in [0.29, 0.717) is 17.9 Å². The van der Waals surface area contributed by atoms with E-state index in [-0.39, 0.29) is 12.5 Å². The summed E-state index contributed by atoms with van der Waals surface area (Å²) in [6.45, 7) is 1.28. The summed E-state index contributed by atoms with van der Waals surface area (Å²) in [6.07, 6.45) is 0. The Kier molecular flexibility index (Phi) is 5.68. The average Bonchev–Trinajstić information content (AvgIpc) is 2.36. The fourth-order valence-electron chi connectivity index (χ4n) is 1.30. The number of nitrogens with zero attached hydrogens (tertiary/aromatic N) is 2. The topological polar surface area (TPSA) is 65.4 Å². The Hall–Kier alpha value is -2.06. The largest absolute Gasteiger partial charge is 0.482 e. The van der Waals surface area contributed by atoms with Crippen LogP contribution in [0, 0.1) is 11.3 Å². The van der Waals surface area contributed by atoms with Crippen molar-refractivity contribution in [3.8, 4) is 11.8 Å². The SMILES string of the molecule is CN(C)CCNC(=O)COc1ccccc1C#N. The van der Waals surface area contributed by atoms with Crippen LogP contribution in [0.1, 0.15) is 5.56 Å². The van der Waals surface area contributed by atoms with E-state index in [2.05, 4.69) is 5.32 Å². The van der Waals surface area contributed by atoms with Gasteiger partial charge in [-0.2, -0.15) is 5.26 Å². The molecular weight excluding hydrogens is 230 g/mol. The molecule has 0 saturated heterocycles. The fraction of sp³-hybridized carbons (Fsp3) is 0.385. The average molecular weight is 247 g/mol. The van der Waals surface area contributed by atoms with Crippen molar-refractivity contribution in [2.75, 3.05) is 33.8 Å². The molecule has 1 aromatic rings. The van der Waals surface area contributed by atoms with Crippen LogP contribution in [-0.2, 0) is 4.79 Å². The number of ether oxygens (including phenoxy) is 1. The molecule has 1 rings (SSSR count). The molecule has 0 aromatic heterocycles. The number of nitriles is 1. The highest BCUT2D eigenvalue weighted by molar-refractivity contribution is 5.77. The maximum atomic E-state index is 11.5. The van der Waals surface area contributed by atoms with Gasteiger partial charge in [-0.05, 0) is 26.2 Å². The van der Waals surface area contributed by atoms with Gasteiger partial charge in [0.25, 0.3) is 5.91 Å². The molecule has 0 spiro atoms. The summed E-state index contributed by atoms with van der Waals surface area (Å²) in [5, 5.41) is 11.6. The van der Waals surface area contributed by atoms with E-state index in [1.54, 1.807) is 24.3 Å². The normalized spacial score (nSPS) is 9.89. The third-order valence-electron chi connectivity index (χ3n) is 2.25. The van der Waals surface area contributed by atoms with Crippen molar-refractivity contribution in [2.24, 2.45) is 0 Å². The second-order valence-electron chi connectivity index (χ2n) is 4.05. The highest BCUT2D eigenvalue weighted by Gasteiger charge is 2.05. The van der Waals surface area contributed by atoms with Crippen LogP contribution >= 0.6 is 0 Å². The van der Waals surface area contributed by atoms with Crippen molar-refractivity contribution in [3.05, 3.63) is 29.8 Å². The molecule has 0 aliphatic heterocycles. The Morgan fingerprint density at radius 3 is 2.83 bits per heavy atom. The van der Waals surface area contributed by atoms with Gasteiger partial charge in [0.2, 0.25) is 0 Å². The van der Waals surface area contributed by atoms with E-state index in [0.717, 1.165) is 6.54 Å². The minimum Gasteiger partial charge on any atom is -0.482 e. The van der Waals surface area contributed by atoms with Crippen LogP contribution in [0.4, 0.5) is 0 Å². The molecule has 0 saturated carbocycles. The van der Waals surface area contributed by atoms with Crippen molar-refractivity contribution >= 4 is 5.91 Å². The molecule has 0 unspecified atom stereocenters. The predicted molar refractivity (Wildman–Crippen MR) is 68.2 cm³/mol. The Morgan fingerprint density at radius 1 is 1.44 bits per heavy atom. The van der Waals surface area contributed by atoms with E-state index in [9.17, 15) is 4.79 Å². The van der Waals surface area contributed by atoms with Crippen molar-refractivity contribution in [3.63, 3.8) is 0 Å². The standard InChI is InChI=1S/C13H17N3O2/c1-16(2)8-7-15-13(17)10-18-12-6-4-3-5-11(12)9-14/h3-6H,7-8,10H2,1-2H3,(H,15,17). The zero-order valence-corrected chi connectivity index (χ0v) is 10.6. The molecule has 0 atom stereocenters. The van der Waals surface area contributed by atoms with Gasteiger partial charge in [0.1, 0.15) is 11.8 Å². The van der Waals surface area contributed by atoms with E-state index < -0.39 is 0 Å². The van der Waals surface area contributed by atoms with Gasteiger partial charge in [-0.25, -0.2) is 0 Å². The Balaban J connectivity index is 2.36. The number of para-hydroxylation sites is 1. The number of rotatable bonds is 6. The van der Waals surface area contributed by atoms with E-state index in [4.69, 9.17) is 10.00 Å². The van der Waals surface area contributed by atoms with Crippen LogP contribution in [0.3, 0.4) is 0 Å². The molecule has 1 N–H and O–H groups in total. The van der Waals surface area contributed by atoms with E-state index in [1.165, 1.54) is 0 Å². The molecule has 1 aromatic carbocycles. The maximum Gasteiger partial charge on any atom is 0.257 e. The monoisotopic (exact) mass is 247 g/mol. The summed E-state index contributed by atoms with van der Waals surface area (Å²) < 4.78 is 5.30. The number of amides is 1. The summed E-state index contributed by atoms with van der Waals surface area (Å²) >= 11 is 0. The Morgan fingerprint density at radius 2 is 2.17 bits per heavy atom. The number of carbonyl (C=O) groups is 1. The van der Waals surface area contributed by atoms with Gasteiger partial charge in [0.05, 0.1) is 5.56 Å². The van der Waals surface area contributed by atoms with Gasteiger partial charge in [-0.3, -0.25) is 4.79 Å². The number of benzene rings is 1. The molecular formula is C13H17N3O2. The summed E-state index contributed by atoms with van der Waals surface area (Å²) in [5.74, 6) is 0.243. The Labute approximate surface area is 107 Å². The molecule has 0 aliphatic carbocycles. The summed E-state index contributed by atoms with van der Waals surface area (Å²) in [6, 6.07) is 8.85. The van der Waals surface area contributed by atoms with Gasteiger partial charge in [0, 0.05) is 13.1 Å². The van der Waals surface area contributed by atoms with Gasteiger partial charge in [0.15, 0.2) is 6.61 Å². The predicted octanol–water partition coefficient (Wildman–Crippen LogP) is 0.615. The molecule has 96 valence electrons. The number of hydrogen-bond donors (Lipinski definition) is 1. The maximum absolute atomic E-state index is 11.5. The minimum absolute atomic E-state index is 0.0773.